The number of hydrogen-bond donors (Lipinski definition) is 1. The molecule has 1 N–H and O–H groups in total. The number of ether oxygens (including phenoxy) is 1. The molecule has 1 heterocycles. The van der Waals surface area contributed by atoms with Crippen molar-refractivity contribution in [2.75, 3.05) is 39.2 Å². The van der Waals surface area contributed by atoms with Crippen molar-refractivity contribution in [3.8, 4) is 0 Å². The van der Waals surface area contributed by atoms with E-state index >= 15 is 0 Å². The van der Waals surface area contributed by atoms with Crippen LogP contribution in [0.1, 0.15) is 0 Å². The molecule has 11 heavy (non-hydrogen) atoms. The SMILES string of the molecule is CNS(=O)CN1CCOCC1. The predicted molar refractivity (Wildman–Crippen MR) is 44.5 cm³/mol. The number of hydrogen-bond acceptors (Lipinski definition) is 3. The molecule has 0 amide bonds. The molecule has 1 unspecified atom stereocenters. The van der Waals surface area contributed by atoms with Crippen LogP contribution in [0.25, 0.3) is 0 Å². The van der Waals surface area contributed by atoms with Crippen molar-refractivity contribution >= 4 is 11.0 Å². The van der Waals surface area contributed by atoms with Gasteiger partial charge in [-0.2, -0.15) is 0 Å². The summed E-state index contributed by atoms with van der Waals surface area (Å²) in [7, 11) is 0.801. The second-order valence-corrected chi connectivity index (χ2v) is 3.77. The van der Waals surface area contributed by atoms with Gasteiger partial charge in [-0.15, -0.1) is 0 Å². The number of nitrogens with zero attached hydrogens (tertiary/aromatic N) is 1. The zero-order valence-electron chi connectivity index (χ0n) is 6.71. The van der Waals surface area contributed by atoms with Gasteiger partial charge in [0, 0.05) is 13.1 Å². The molecule has 1 rings (SSSR count). The largest absolute Gasteiger partial charge is 0.379 e. The van der Waals surface area contributed by atoms with Gasteiger partial charge in [-0.25, -0.2) is 8.93 Å². The lowest BCUT2D eigenvalue weighted by molar-refractivity contribution is 0.0468. The molecule has 0 radical (unpaired) electrons. The molecule has 0 bridgehead atoms. The fraction of sp³-hybridized carbons (Fsp3) is 1.00. The first-order chi connectivity index (χ1) is 5.33. The fourth-order valence-electron chi connectivity index (χ4n) is 0.961. The first-order valence-corrected chi connectivity index (χ1v) is 5.00. The molecule has 0 aromatic carbocycles. The van der Waals surface area contributed by atoms with E-state index in [4.69, 9.17) is 4.74 Å². The number of nitrogens with one attached hydrogen (secondary N) is 1. The highest BCUT2D eigenvalue weighted by Crippen LogP contribution is 1.96. The Labute approximate surface area is 69.5 Å². The zero-order chi connectivity index (χ0) is 8.10. The van der Waals surface area contributed by atoms with Crippen molar-refractivity contribution in [3.05, 3.63) is 0 Å². The van der Waals surface area contributed by atoms with Crippen LogP contribution in [0.4, 0.5) is 0 Å². The maximum atomic E-state index is 11.0. The highest BCUT2D eigenvalue weighted by Gasteiger charge is 2.11. The van der Waals surface area contributed by atoms with E-state index in [1.165, 1.54) is 0 Å². The average molecular weight is 178 g/mol. The molecule has 1 fully saturated rings. The minimum atomic E-state index is -0.904. The smallest absolute Gasteiger partial charge is 0.106 e. The Kier molecular flexibility index (Phi) is 3.99. The van der Waals surface area contributed by atoms with Crippen molar-refractivity contribution in [2.45, 2.75) is 0 Å². The summed E-state index contributed by atoms with van der Waals surface area (Å²) in [6.07, 6.45) is 0. The maximum absolute atomic E-state index is 11.0. The first kappa shape index (κ1) is 9.12. The molecule has 1 atom stereocenters. The Morgan fingerprint density at radius 1 is 1.55 bits per heavy atom. The van der Waals surface area contributed by atoms with Gasteiger partial charge in [0.2, 0.25) is 0 Å². The highest BCUT2D eigenvalue weighted by molar-refractivity contribution is 7.82. The minimum absolute atomic E-state index is 0.611. The van der Waals surface area contributed by atoms with Gasteiger partial charge in [0.15, 0.2) is 0 Å². The van der Waals surface area contributed by atoms with Gasteiger partial charge in [0.1, 0.15) is 11.0 Å². The van der Waals surface area contributed by atoms with E-state index in [0.29, 0.717) is 5.88 Å². The second kappa shape index (κ2) is 4.82. The third-order valence-corrected chi connectivity index (χ3v) is 2.69. The lowest BCUT2D eigenvalue weighted by atomic mass is 10.5. The third kappa shape index (κ3) is 3.29. The van der Waals surface area contributed by atoms with Gasteiger partial charge in [-0.05, 0) is 7.05 Å². The van der Waals surface area contributed by atoms with Crippen LogP contribution in [0.3, 0.4) is 0 Å². The summed E-state index contributed by atoms with van der Waals surface area (Å²) in [5, 5.41) is 0. The molecule has 1 aliphatic rings. The Morgan fingerprint density at radius 3 is 2.73 bits per heavy atom. The summed E-state index contributed by atoms with van der Waals surface area (Å²) in [6, 6.07) is 0. The molecule has 4 nitrogen and oxygen atoms in total. The van der Waals surface area contributed by atoms with E-state index in [-0.39, 0.29) is 0 Å². The standard InChI is InChI=1S/C6H14N2O2S/c1-7-11(9)6-8-2-4-10-5-3-8/h7H,2-6H2,1H3. The van der Waals surface area contributed by atoms with E-state index in [1.54, 1.807) is 7.05 Å². The zero-order valence-corrected chi connectivity index (χ0v) is 7.52. The average Bonchev–Trinajstić information content (AvgIpc) is 2.06. The van der Waals surface area contributed by atoms with E-state index in [1.807, 2.05) is 0 Å². The Bertz CT molecular complexity index is 137. The van der Waals surface area contributed by atoms with Crippen LogP contribution in [0.5, 0.6) is 0 Å². The van der Waals surface area contributed by atoms with Gasteiger partial charge in [0.25, 0.3) is 0 Å². The molecule has 0 aromatic rings. The monoisotopic (exact) mass is 178 g/mol. The van der Waals surface area contributed by atoms with Crippen LogP contribution < -0.4 is 4.72 Å². The molecular weight excluding hydrogens is 164 g/mol. The normalized spacial score (nSPS) is 23.4. The van der Waals surface area contributed by atoms with Crippen LogP contribution in [-0.2, 0) is 15.7 Å². The fourth-order valence-corrected chi connectivity index (χ4v) is 1.68. The van der Waals surface area contributed by atoms with Crippen LogP contribution >= 0.6 is 0 Å². The van der Waals surface area contributed by atoms with E-state index in [0.717, 1.165) is 26.3 Å². The third-order valence-electron chi connectivity index (χ3n) is 1.63. The van der Waals surface area contributed by atoms with Crippen molar-refractivity contribution in [2.24, 2.45) is 0 Å². The molecule has 5 heteroatoms. The maximum Gasteiger partial charge on any atom is 0.106 e. The van der Waals surface area contributed by atoms with Gasteiger partial charge in [-0.1, -0.05) is 0 Å². The highest BCUT2D eigenvalue weighted by atomic mass is 32.2. The van der Waals surface area contributed by atoms with E-state index in [9.17, 15) is 4.21 Å². The lowest BCUT2D eigenvalue weighted by Gasteiger charge is -2.25. The predicted octanol–water partition coefficient (Wildman–Crippen LogP) is -0.841. The van der Waals surface area contributed by atoms with Crippen LogP contribution in [-0.4, -0.2) is 48.3 Å². The van der Waals surface area contributed by atoms with Crippen molar-refractivity contribution < 1.29 is 8.95 Å². The topological polar surface area (TPSA) is 41.6 Å². The summed E-state index contributed by atoms with van der Waals surface area (Å²) in [6.45, 7) is 3.32. The second-order valence-electron chi connectivity index (χ2n) is 2.41. The van der Waals surface area contributed by atoms with Gasteiger partial charge in [0.05, 0.1) is 19.1 Å². The van der Waals surface area contributed by atoms with Crippen molar-refractivity contribution in [1.29, 1.82) is 0 Å². The van der Waals surface area contributed by atoms with Gasteiger partial charge in [-0.3, -0.25) is 4.90 Å². The quantitative estimate of drug-likeness (QED) is 0.612. The summed E-state index contributed by atoms with van der Waals surface area (Å²) >= 11 is 0. The summed E-state index contributed by atoms with van der Waals surface area (Å²) < 4.78 is 18.9. The van der Waals surface area contributed by atoms with Gasteiger partial charge < -0.3 is 4.74 Å². The molecule has 0 saturated carbocycles. The molecule has 0 aromatic heterocycles. The van der Waals surface area contributed by atoms with E-state index in [2.05, 4.69) is 9.62 Å². The van der Waals surface area contributed by atoms with Crippen LogP contribution in [0.2, 0.25) is 0 Å². The Hall–Kier alpha value is 0.0300. The minimum Gasteiger partial charge on any atom is -0.379 e. The summed E-state index contributed by atoms with van der Waals surface area (Å²) in [5.41, 5.74) is 0. The Morgan fingerprint density at radius 2 is 2.18 bits per heavy atom. The van der Waals surface area contributed by atoms with Gasteiger partial charge >= 0.3 is 0 Å². The van der Waals surface area contributed by atoms with Crippen molar-refractivity contribution in [3.63, 3.8) is 0 Å². The Balaban J connectivity index is 2.19. The summed E-state index contributed by atoms with van der Waals surface area (Å²) in [4.78, 5) is 2.14. The molecule has 0 spiro atoms. The van der Waals surface area contributed by atoms with E-state index < -0.39 is 11.0 Å². The molecular formula is C6H14N2O2S. The van der Waals surface area contributed by atoms with Crippen LogP contribution in [0.15, 0.2) is 0 Å². The molecule has 1 saturated heterocycles. The summed E-state index contributed by atoms with van der Waals surface area (Å²) in [5.74, 6) is 0.611. The lowest BCUT2D eigenvalue weighted by Crippen LogP contribution is -2.40. The number of rotatable bonds is 3. The van der Waals surface area contributed by atoms with Crippen LogP contribution in [0, 0.1) is 0 Å². The first-order valence-electron chi connectivity index (χ1n) is 3.69. The number of morpholine rings is 1. The molecule has 66 valence electrons. The van der Waals surface area contributed by atoms with Crippen molar-refractivity contribution in [1.82, 2.24) is 9.62 Å². The molecule has 1 aliphatic heterocycles. The molecule has 0 aliphatic carbocycles.